The molecule has 2 aromatic carbocycles. The number of primary amides is 1. The Hall–Kier alpha value is -2.40. The molecule has 0 saturated carbocycles. The monoisotopic (exact) mass is 334 g/mol. The maximum atomic E-state index is 13.6. The minimum absolute atomic E-state index is 0.198. The zero-order chi connectivity index (χ0) is 17.0. The summed E-state index contributed by atoms with van der Waals surface area (Å²) < 4.78 is 13.6. The van der Waals surface area contributed by atoms with Gasteiger partial charge in [-0.25, -0.2) is 4.39 Å². The maximum absolute atomic E-state index is 13.6. The number of hydrogen-bond donors (Lipinski definition) is 2. The second kappa shape index (κ2) is 6.79. The van der Waals surface area contributed by atoms with Gasteiger partial charge in [-0.3, -0.25) is 9.59 Å². The minimum atomic E-state index is -1.44. The molecular formula is C17H16ClFN2O2. The second-order valence-corrected chi connectivity index (χ2v) is 5.75. The Labute approximate surface area is 138 Å². The fourth-order valence-corrected chi connectivity index (χ4v) is 2.40. The SMILES string of the molecule is CC(NC(=O)Cc1ccccc1F)(C(N)=O)c1cccc(Cl)c1. The molecule has 2 rings (SSSR count). The molecular weight excluding hydrogens is 319 g/mol. The number of amides is 2. The number of hydrogen-bond acceptors (Lipinski definition) is 2. The topological polar surface area (TPSA) is 72.2 Å². The molecule has 1 unspecified atom stereocenters. The van der Waals surface area contributed by atoms with Crippen LogP contribution in [0.25, 0.3) is 0 Å². The number of carbonyl (C=O) groups excluding carboxylic acids is 2. The van der Waals surface area contributed by atoms with Gasteiger partial charge in [0.15, 0.2) is 0 Å². The molecule has 0 aliphatic heterocycles. The molecule has 0 aliphatic rings. The van der Waals surface area contributed by atoms with E-state index < -0.39 is 23.2 Å². The van der Waals surface area contributed by atoms with Gasteiger partial charge in [0, 0.05) is 5.02 Å². The summed E-state index contributed by atoms with van der Waals surface area (Å²) >= 11 is 5.93. The van der Waals surface area contributed by atoms with Crippen molar-refractivity contribution in [1.82, 2.24) is 5.32 Å². The average molecular weight is 335 g/mol. The number of rotatable bonds is 5. The molecule has 0 aromatic heterocycles. The largest absolute Gasteiger partial charge is 0.367 e. The Kier molecular flexibility index (Phi) is 5.01. The van der Waals surface area contributed by atoms with E-state index in [9.17, 15) is 14.0 Å². The molecule has 120 valence electrons. The summed E-state index contributed by atoms with van der Waals surface area (Å²) in [4.78, 5) is 24.1. The average Bonchev–Trinajstić information content (AvgIpc) is 2.49. The van der Waals surface area contributed by atoms with E-state index in [4.69, 9.17) is 17.3 Å². The van der Waals surface area contributed by atoms with Gasteiger partial charge in [0.05, 0.1) is 6.42 Å². The van der Waals surface area contributed by atoms with E-state index in [1.807, 2.05) is 0 Å². The lowest BCUT2D eigenvalue weighted by atomic mass is 9.90. The van der Waals surface area contributed by atoms with Crippen LogP contribution in [0.3, 0.4) is 0 Å². The molecule has 0 bridgehead atoms. The molecule has 0 fully saturated rings. The van der Waals surface area contributed by atoms with E-state index in [0.717, 1.165) is 0 Å². The fraction of sp³-hybridized carbons (Fsp3) is 0.176. The highest BCUT2D eigenvalue weighted by Crippen LogP contribution is 2.24. The van der Waals surface area contributed by atoms with Gasteiger partial charge < -0.3 is 11.1 Å². The third-order valence-corrected chi connectivity index (χ3v) is 3.83. The first kappa shape index (κ1) is 17.0. The maximum Gasteiger partial charge on any atom is 0.247 e. The van der Waals surface area contributed by atoms with Crippen molar-refractivity contribution in [3.05, 3.63) is 70.5 Å². The Morgan fingerprint density at radius 1 is 1.22 bits per heavy atom. The first-order valence-corrected chi connectivity index (χ1v) is 7.31. The molecule has 23 heavy (non-hydrogen) atoms. The lowest BCUT2D eigenvalue weighted by Gasteiger charge is -2.28. The van der Waals surface area contributed by atoms with Crippen LogP contribution in [0.2, 0.25) is 5.02 Å². The summed E-state index contributed by atoms with van der Waals surface area (Å²) in [6.07, 6.45) is -0.198. The van der Waals surface area contributed by atoms with E-state index in [2.05, 4.69) is 5.32 Å². The van der Waals surface area contributed by atoms with Crippen LogP contribution in [0.4, 0.5) is 4.39 Å². The molecule has 0 spiro atoms. The standard InChI is InChI=1S/C17H16ClFN2O2/c1-17(16(20)23,12-6-4-7-13(18)10-12)21-15(22)9-11-5-2-3-8-14(11)19/h2-8,10H,9H2,1H3,(H2,20,23)(H,21,22). The van der Waals surface area contributed by atoms with Crippen LogP contribution in [-0.4, -0.2) is 11.8 Å². The van der Waals surface area contributed by atoms with Crippen molar-refractivity contribution < 1.29 is 14.0 Å². The minimum Gasteiger partial charge on any atom is -0.367 e. The second-order valence-electron chi connectivity index (χ2n) is 5.32. The van der Waals surface area contributed by atoms with Crippen molar-refractivity contribution in [3.8, 4) is 0 Å². The van der Waals surface area contributed by atoms with Crippen molar-refractivity contribution >= 4 is 23.4 Å². The summed E-state index contributed by atoms with van der Waals surface area (Å²) in [5.74, 6) is -1.73. The number of nitrogens with two attached hydrogens (primary N) is 1. The number of carbonyl (C=O) groups is 2. The number of nitrogens with one attached hydrogen (secondary N) is 1. The highest BCUT2D eigenvalue weighted by molar-refractivity contribution is 6.30. The highest BCUT2D eigenvalue weighted by Gasteiger charge is 2.35. The van der Waals surface area contributed by atoms with E-state index in [0.29, 0.717) is 10.6 Å². The van der Waals surface area contributed by atoms with Crippen molar-refractivity contribution in [1.29, 1.82) is 0 Å². The summed E-state index contributed by atoms with van der Waals surface area (Å²) in [5.41, 5.74) is 4.71. The molecule has 6 heteroatoms. The van der Waals surface area contributed by atoms with Crippen LogP contribution < -0.4 is 11.1 Å². The molecule has 0 radical (unpaired) electrons. The van der Waals surface area contributed by atoms with Crippen molar-refractivity contribution in [2.75, 3.05) is 0 Å². The van der Waals surface area contributed by atoms with Gasteiger partial charge in [-0.2, -0.15) is 0 Å². The summed E-state index contributed by atoms with van der Waals surface area (Å²) in [7, 11) is 0. The highest BCUT2D eigenvalue weighted by atomic mass is 35.5. The summed E-state index contributed by atoms with van der Waals surface area (Å²) in [6, 6.07) is 12.4. The van der Waals surface area contributed by atoms with Gasteiger partial charge >= 0.3 is 0 Å². The van der Waals surface area contributed by atoms with Crippen LogP contribution in [-0.2, 0) is 21.5 Å². The predicted octanol–water partition coefficient (Wildman–Crippen LogP) is 2.54. The Morgan fingerprint density at radius 2 is 1.91 bits per heavy atom. The molecule has 1 atom stereocenters. The van der Waals surface area contributed by atoms with Crippen LogP contribution in [0.1, 0.15) is 18.1 Å². The van der Waals surface area contributed by atoms with Gasteiger partial charge in [0.25, 0.3) is 0 Å². The third kappa shape index (κ3) is 3.87. The fourth-order valence-electron chi connectivity index (χ4n) is 2.21. The Balaban J connectivity index is 2.24. The van der Waals surface area contributed by atoms with Gasteiger partial charge in [-0.1, -0.05) is 41.9 Å². The lowest BCUT2D eigenvalue weighted by Crippen LogP contribution is -2.53. The quantitative estimate of drug-likeness (QED) is 0.882. The molecule has 2 aromatic rings. The molecule has 0 heterocycles. The Morgan fingerprint density at radius 3 is 2.52 bits per heavy atom. The molecule has 4 nitrogen and oxygen atoms in total. The third-order valence-electron chi connectivity index (χ3n) is 3.59. The van der Waals surface area contributed by atoms with Crippen molar-refractivity contribution in [3.63, 3.8) is 0 Å². The molecule has 2 amide bonds. The van der Waals surface area contributed by atoms with Gasteiger partial charge in [-0.05, 0) is 36.2 Å². The lowest BCUT2D eigenvalue weighted by molar-refractivity contribution is -0.131. The summed E-state index contributed by atoms with van der Waals surface area (Å²) in [5, 5.41) is 2.99. The predicted molar refractivity (Wildman–Crippen MR) is 86.2 cm³/mol. The molecule has 0 aliphatic carbocycles. The van der Waals surface area contributed by atoms with E-state index in [1.54, 1.807) is 30.3 Å². The van der Waals surface area contributed by atoms with Gasteiger partial charge in [-0.15, -0.1) is 0 Å². The first-order valence-electron chi connectivity index (χ1n) is 6.93. The van der Waals surface area contributed by atoms with E-state index >= 15 is 0 Å². The van der Waals surface area contributed by atoms with Gasteiger partial charge in [0.2, 0.25) is 11.8 Å². The van der Waals surface area contributed by atoms with E-state index in [1.165, 1.54) is 25.1 Å². The van der Waals surface area contributed by atoms with Crippen molar-refractivity contribution in [2.24, 2.45) is 5.73 Å². The van der Waals surface area contributed by atoms with Crippen molar-refractivity contribution in [2.45, 2.75) is 18.9 Å². The summed E-state index contributed by atoms with van der Waals surface area (Å²) in [6.45, 7) is 1.49. The normalized spacial score (nSPS) is 13.2. The molecule has 0 saturated heterocycles. The zero-order valence-corrected chi connectivity index (χ0v) is 13.2. The number of benzene rings is 2. The van der Waals surface area contributed by atoms with Crippen LogP contribution in [0.5, 0.6) is 0 Å². The molecule has 3 N–H and O–H groups in total. The van der Waals surface area contributed by atoms with Crippen LogP contribution in [0.15, 0.2) is 48.5 Å². The zero-order valence-electron chi connectivity index (χ0n) is 12.5. The van der Waals surface area contributed by atoms with Gasteiger partial charge in [0.1, 0.15) is 11.4 Å². The van der Waals surface area contributed by atoms with Crippen LogP contribution in [0, 0.1) is 5.82 Å². The van der Waals surface area contributed by atoms with Crippen LogP contribution >= 0.6 is 11.6 Å². The Bertz CT molecular complexity index is 751. The smallest absolute Gasteiger partial charge is 0.247 e. The van der Waals surface area contributed by atoms with E-state index in [-0.39, 0.29) is 12.0 Å². The first-order chi connectivity index (χ1) is 10.8. The number of halogens is 2.